The molecule has 0 aromatic rings. The molecule has 3 nitrogen and oxygen atoms in total. The lowest BCUT2D eigenvalue weighted by atomic mass is 9.97. The van der Waals surface area contributed by atoms with E-state index in [0.29, 0.717) is 0 Å². The molecule has 29 heavy (non-hydrogen) atoms. The fourth-order valence-electron chi connectivity index (χ4n) is 2.93. The van der Waals surface area contributed by atoms with E-state index >= 15 is 0 Å². The van der Waals surface area contributed by atoms with Crippen molar-refractivity contribution in [3.8, 4) is 37.0 Å². The number of unbranched alkanes of at least 4 members (excludes halogenated alkanes) is 5. The third-order valence-electron chi connectivity index (χ3n) is 4.83. The van der Waals surface area contributed by atoms with Crippen LogP contribution in [0.2, 0.25) is 0 Å². The van der Waals surface area contributed by atoms with Gasteiger partial charge in [0.1, 0.15) is 16.8 Å². The highest BCUT2D eigenvalue weighted by atomic mass is 16.9. The van der Waals surface area contributed by atoms with Gasteiger partial charge < -0.3 is 14.2 Å². The van der Waals surface area contributed by atoms with E-state index in [-0.39, 0.29) is 5.92 Å². The third kappa shape index (κ3) is 10.2. The smallest absolute Gasteiger partial charge is 0.289 e. The molecule has 0 spiro atoms. The van der Waals surface area contributed by atoms with Gasteiger partial charge in [0.2, 0.25) is 0 Å². The van der Waals surface area contributed by atoms with Crippen LogP contribution in [0.1, 0.15) is 100 Å². The Bertz CT molecular complexity index is 538. The van der Waals surface area contributed by atoms with Gasteiger partial charge in [-0.3, -0.25) is 0 Å². The summed E-state index contributed by atoms with van der Waals surface area (Å²) in [5.74, 6) is 6.39. The molecule has 164 valence electrons. The second-order valence-electron chi connectivity index (χ2n) is 9.33. The van der Waals surface area contributed by atoms with Crippen molar-refractivity contribution < 1.29 is 14.2 Å². The summed E-state index contributed by atoms with van der Waals surface area (Å²) in [5.41, 5.74) is -2.78. The van der Waals surface area contributed by atoms with Crippen molar-refractivity contribution in [2.45, 2.75) is 123 Å². The minimum absolute atomic E-state index is 0.137. The van der Waals surface area contributed by atoms with Crippen molar-refractivity contribution >= 4 is 0 Å². The number of rotatable bonds is 14. The van der Waals surface area contributed by atoms with Gasteiger partial charge in [-0.25, -0.2) is 0 Å². The highest BCUT2D eigenvalue weighted by molar-refractivity contribution is 5.08. The Labute approximate surface area is 180 Å². The van der Waals surface area contributed by atoms with Crippen molar-refractivity contribution in [2.24, 2.45) is 5.92 Å². The summed E-state index contributed by atoms with van der Waals surface area (Å²) in [6.07, 6.45) is 25.1. The molecule has 0 N–H and O–H groups in total. The van der Waals surface area contributed by atoms with Crippen LogP contribution >= 0.6 is 0 Å². The zero-order valence-electron chi connectivity index (χ0n) is 20.0. The molecule has 0 heterocycles. The molecule has 0 rings (SSSR count). The predicted molar refractivity (Wildman–Crippen MR) is 122 cm³/mol. The number of hydrogen-bond donors (Lipinski definition) is 0. The van der Waals surface area contributed by atoms with E-state index in [9.17, 15) is 0 Å². The highest BCUT2D eigenvalue weighted by Crippen LogP contribution is 2.39. The van der Waals surface area contributed by atoms with Crippen LogP contribution in [0.3, 0.4) is 0 Å². The van der Waals surface area contributed by atoms with Gasteiger partial charge >= 0.3 is 0 Å². The van der Waals surface area contributed by atoms with Gasteiger partial charge in [0.05, 0.1) is 0 Å². The standard InChI is InChI=1S/C26H42O3/c1-12-16-17-18-19-20-21-22(5)26(27-23(6,7)13-2,28-24(8,9)14-3)29-25(10,11)15-4/h2-4,22H,12,16-21H2,1,5-11H3. The maximum atomic E-state index is 6.34. The van der Waals surface area contributed by atoms with E-state index < -0.39 is 22.8 Å². The van der Waals surface area contributed by atoms with Crippen LogP contribution in [-0.4, -0.2) is 22.8 Å². The molecule has 0 radical (unpaired) electrons. The second kappa shape index (κ2) is 11.7. The quantitative estimate of drug-likeness (QED) is 0.193. The van der Waals surface area contributed by atoms with Crippen molar-refractivity contribution in [1.82, 2.24) is 0 Å². The summed E-state index contributed by atoms with van der Waals surface area (Å²) in [7, 11) is 0. The lowest BCUT2D eigenvalue weighted by Gasteiger charge is -2.47. The molecule has 0 fully saturated rings. The molecule has 1 unspecified atom stereocenters. The summed E-state index contributed by atoms with van der Waals surface area (Å²) in [5, 5.41) is 0. The van der Waals surface area contributed by atoms with Crippen LogP contribution in [0.4, 0.5) is 0 Å². The average Bonchev–Trinajstić information content (AvgIpc) is 2.63. The van der Waals surface area contributed by atoms with E-state index in [1.807, 2.05) is 6.92 Å². The summed E-state index contributed by atoms with van der Waals surface area (Å²) < 4.78 is 19.0. The van der Waals surface area contributed by atoms with E-state index in [0.717, 1.165) is 19.3 Å². The van der Waals surface area contributed by atoms with Crippen LogP contribution in [-0.2, 0) is 14.2 Å². The summed E-state index contributed by atoms with van der Waals surface area (Å²) in [6, 6.07) is 0. The molecular weight excluding hydrogens is 360 g/mol. The maximum Gasteiger partial charge on any atom is 0.289 e. The SMILES string of the molecule is C#CC(C)(C)OC(OC(C)(C)C#C)(OC(C)(C)C#C)C(C)CCCCCCCC. The molecule has 0 aromatic heterocycles. The van der Waals surface area contributed by atoms with Crippen LogP contribution < -0.4 is 0 Å². The largest absolute Gasteiger partial charge is 0.308 e. The van der Waals surface area contributed by atoms with Gasteiger partial charge in [-0.2, -0.15) is 0 Å². The van der Waals surface area contributed by atoms with Gasteiger partial charge in [-0.1, -0.05) is 70.1 Å². The van der Waals surface area contributed by atoms with E-state index in [1.165, 1.54) is 25.7 Å². The average molecular weight is 403 g/mol. The second-order valence-corrected chi connectivity index (χ2v) is 9.33. The fourth-order valence-corrected chi connectivity index (χ4v) is 2.93. The maximum absolute atomic E-state index is 6.34. The lowest BCUT2D eigenvalue weighted by Crippen LogP contribution is -2.56. The first-order valence-corrected chi connectivity index (χ1v) is 10.8. The van der Waals surface area contributed by atoms with Gasteiger partial charge in [0.25, 0.3) is 5.97 Å². The minimum Gasteiger partial charge on any atom is -0.308 e. The van der Waals surface area contributed by atoms with Crippen molar-refractivity contribution in [3.63, 3.8) is 0 Å². The van der Waals surface area contributed by atoms with Crippen molar-refractivity contribution in [3.05, 3.63) is 0 Å². The van der Waals surface area contributed by atoms with Crippen molar-refractivity contribution in [1.29, 1.82) is 0 Å². The van der Waals surface area contributed by atoms with Gasteiger partial charge in [0.15, 0.2) is 0 Å². The fraction of sp³-hybridized carbons (Fsp3) is 0.769. The summed E-state index contributed by atoms with van der Waals surface area (Å²) >= 11 is 0. The zero-order chi connectivity index (χ0) is 22.8. The zero-order valence-corrected chi connectivity index (χ0v) is 20.0. The molecule has 0 aliphatic carbocycles. The Hall–Kier alpha value is -1.44. The van der Waals surface area contributed by atoms with Gasteiger partial charge in [0, 0.05) is 5.92 Å². The molecule has 0 aromatic carbocycles. The minimum atomic E-state index is -1.47. The van der Waals surface area contributed by atoms with Crippen LogP contribution in [0, 0.1) is 42.9 Å². The highest BCUT2D eigenvalue weighted by Gasteiger charge is 2.50. The Morgan fingerprint density at radius 2 is 1.00 bits per heavy atom. The van der Waals surface area contributed by atoms with E-state index in [4.69, 9.17) is 33.5 Å². The molecule has 0 saturated carbocycles. The molecular formula is C26H42O3. The van der Waals surface area contributed by atoms with E-state index in [1.54, 1.807) is 41.5 Å². The number of terminal acetylenes is 3. The van der Waals surface area contributed by atoms with Crippen LogP contribution in [0.5, 0.6) is 0 Å². The van der Waals surface area contributed by atoms with Crippen LogP contribution in [0.15, 0.2) is 0 Å². The third-order valence-corrected chi connectivity index (χ3v) is 4.83. The first-order valence-electron chi connectivity index (χ1n) is 10.8. The van der Waals surface area contributed by atoms with Crippen molar-refractivity contribution in [2.75, 3.05) is 0 Å². The normalized spacial score (nSPS) is 14.0. The molecule has 0 aliphatic heterocycles. The predicted octanol–water partition coefficient (Wildman–Crippen LogP) is 6.31. The Morgan fingerprint density at radius 3 is 1.34 bits per heavy atom. The first kappa shape index (κ1) is 27.6. The summed E-state index contributed by atoms with van der Waals surface area (Å²) in [4.78, 5) is 0. The van der Waals surface area contributed by atoms with Gasteiger partial charge in [-0.05, 0) is 48.0 Å². The molecule has 3 heteroatoms. The molecule has 0 bridgehead atoms. The Balaban J connectivity index is 5.79. The lowest BCUT2D eigenvalue weighted by molar-refractivity contribution is -0.454. The topological polar surface area (TPSA) is 27.7 Å². The molecule has 0 aliphatic rings. The van der Waals surface area contributed by atoms with Crippen LogP contribution in [0.25, 0.3) is 0 Å². The summed E-state index contributed by atoms with van der Waals surface area (Å²) in [6.45, 7) is 15.1. The van der Waals surface area contributed by atoms with Gasteiger partial charge in [-0.15, -0.1) is 19.3 Å². The number of hydrogen-bond acceptors (Lipinski definition) is 3. The van der Waals surface area contributed by atoms with E-state index in [2.05, 4.69) is 24.7 Å². The molecule has 0 saturated heterocycles. The number of ether oxygens (including phenoxy) is 3. The molecule has 1 atom stereocenters. The Morgan fingerprint density at radius 1 is 0.655 bits per heavy atom. The monoisotopic (exact) mass is 402 g/mol. The molecule has 0 amide bonds. The first-order chi connectivity index (χ1) is 13.3. The Kier molecular flexibility index (Phi) is 11.1.